The SMILES string of the molecule is CCn1cc(C)c2c(C(O)c3ccc(Cl)c(F)c3)n(C)nc2c1=O. The Balaban J connectivity index is 2.26. The molecule has 0 aliphatic rings. The Kier molecular flexibility index (Phi) is 4.19. The van der Waals surface area contributed by atoms with E-state index in [1.165, 1.54) is 16.8 Å². The standard InChI is InChI=1S/C17H17ClFN3O2/c1-4-22-8-9(2)13-14(17(22)24)20-21(3)15(13)16(23)10-5-6-11(18)12(19)7-10/h5-8,16,23H,4H2,1-3H3. The lowest BCUT2D eigenvalue weighted by Gasteiger charge is -2.14. The maximum absolute atomic E-state index is 13.7. The number of hydrogen-bond donors (Lipinski definition) is 1. The Morgan fingerprint density at radius 3 is 2.75 bits per heavy atom. The van der Waals surface area contributed by atoms with Crippen molar-refractivity contribution in [3.05, 3.63) is 62.4 Å². The average molecular weight is 350 g/mol. The van der Waals surface area contributed by atoms with E-state index in [0.717, 1.165) is 5.56 Å². The van der Waals surface area contributed by atoms with E-state index in [0.29, 0.717) is 28.7 Å². The predicted octanol–water partition coefficient (Wildman–Crippen LogP) is 2.94. The summed E-state index contributed by atoms with van der Waals surface area (Å²) in [6, 6.07) is 4.14. The van der Waals surface area contributed by atoms with Gasteiger partial charge in [-0.05, 0) is 37.1 Å². The van der Waals surface area contributed by atoms with Crippen molar-refractivity contribution < 1.29 is 9.50 Å². The first-order valence-corrected chi connectivity index (χ1v) is 7.92. The molecule has 0 bridgehead atoms. The second-order valence-electron chi connectivity index (χ2n) is 5.71. The van der Waals surface area contributed by atoms with Gasteiger partial charge in [0.1, 0.15) is 11.9 Å². The maximum Gasteiger partial charge on any atom is 0.278 e. The van der Waals surface area contributed by atoms with Crippen molar-refractivity contribution in [2.45, 2.75) is 26.5 Å². The van der Waals surface area contributed by atoms with Crippen LogP contribution in [0.2, 0.25) is 5.02 Å². The van der Waals surface area contributed by atoms with Gasteiger partial charge in [-0.15, -0.1) is 0 Å². The predicted molar refractivity (Wildman–Crippen MR) is 90.9 cm³/mol. The van der Waals surface area contributed by atoms with Crippen LogP contribution in [0.4, 0.5) is 4.39 Å². The minimum Gasteiger partial charge on any atom is -0.382 e. The maximum atomic E-state index is 13.7. The molecule has 0 amide bonds. The molecule has 24 heavy (non-hydrogen) atoms. The summed E-state index contributed by atoms with van der Waals surface area (Å²) in [5.74, 6) is -0.607. The fourth-order valence-electron chi connectivity index (χ4n) is 2.96. The highest BCUT2D eigenvalue weighted by Gasteiger charge is 2.23. The molecule has 0 saturated carbocycles. The molecule has 0 saturated heterocycles. The fraction of sp³-hybridized carbons (Fsp3) is 0.294. The number of halogens is 2. The summed E-state index contributed by atoms with van der Waals surface area (Å²) < 4.78 is 16.8. The quantitative estimate of drug-likeness (QED) is 0.791. The number of rotatable bonds is 3. The van der Waals surface area contributed by atoms with Gasteiger partial charge in [-0.2, -0.15) is 5.10 Å². The summed E-state index contributed by atoms with van der Waals surface area (Å²) >= 11 is 5.70. The molecular formula is C17H17ClFN3O2. The van der Waals surface area contributed by atoms with E-state index in [1.54, 1.807) is 23.9 Å². The molecule has 126 valence electrons. The largest absolute Gasteiger partial charge is 0.382 e. The van der Waals surface area contributed by atoms with Gasteiger partial charge in [-0.1, -0.05) is 17.7 Å². The van der Waals surface area contributed by atoms with Gasteiger partial charge in [0.25, 0.3) is 5.56 Å². The van der Waals surface area contributed by atoms with E-state index < -0.39 is 11.9 Å². The van der Waals surface area contributed by atoms with Crippen LogP contribution in [0.3, 0.4) is 0 Å². The molecule has 1 atom stereocenters. The highest BCUT2D eigenvalue weighted by Crippen LogP contribution is 2.30. The summed E-state index contributed by atoms with van der Waals surface area (Å²) in [4.78, 5) is 12.5. The van der Waals surface area contributed by atoms with Gasteiger partial charge in [-0.3, -0.25) is 9.48 Å². The number of aromatic nitrogens is 3. The van der Waals surface area contributed by atoms with Crippen LogP contribution in [0, 0.1) is 12.7 Å². The molecule has 7 heteroatoms. The Morgan fingerprint density at radius 1 is 1.42 bits per heavy atom. The molecule has 0 aliphatic carbocycles. The zero-order chi connectivity index (χ0) is 17.6. The van der Waals surface area contributed by atoms with Crippen LogP contribution in [0.15, 0.2) is 29.2 Å². The van der Waals surface area contributed by atoms with Crippen LogP contribution < -0.4 is 5.56 Å². The number of aliphatic hydroxyl groups is 1. The van der Waals surface area contributed by atoms with E-state index in [1.807, 2.05) is 13.8 Å². The van der Waals surface area contributed by atoms with Crippen LogP contribution in [0.5, 0.6) is 0 Å². The topological polar surface area (TPSA) is 60.1 Å². The van der Waals surface area contributed by atoms with Crippen molar-refractivity contribution in [2.75, 3.05) is 0 Å². The average Bonchev–Trinajstić information content (AvgIpc) is 2.90. The Hall–Kier alpha value is -2.18. The van der Waals surface area contributed by atoms with E-state index >= 15 is 0 Å². The first-order chi connectivity index (χ1) is 11.3. The zero-order valence-electron chi connectivity index (χ0n) is 13.5. The molecule has 0 fully saturated rings. The molecule has 1 N–H and O–H groups in total. The highest BCUT2D eigenvalue weighted by atomic mass is 35.5. The third-order valence-electron chi connectivity index (χ3n) is 4.16. The third kappa shape index (κ3) is 2.52. The van der Waals surface area contributed by atoms with Gasteiger partial charge in [0.05, 0.1) is 10.7 Å². The van der Waals surface area contributed by atoms with E-state index in [4.69, 9.17) is 11.6 Å². The second-order valence-corrected chi connectivity index (χ2v) is 6.12. The highest BCUT2D eigenvalue weighted by molar-refractivity contribution is 6.30. The molecule has 2 heterocycles. The van der Waals surface area contributed by atoms with Crippen LogP contribution in [-0.2, 0) is 13.6 Å². The van der Waals surface area contributed by atoms with Crippen LogP contribution in [-0.4, -0.2) is 19.5 Å². The smallest absolute Gasteiger partial charge is 0.278 e. The molecule has 3 rings (SSSR count). The molecular weight excluding hydrogens is 333 g/mol. The van der Waals surface area contributed by atoms with E-state index in [-0.39, 0.29) is 10.6 Å². The summed E-state index contributed by atoms with van der Waals surface area (Å²) in [7, 11) is 1.65. The Morgan fingerprint density at radius 2 is 2.12 bits per heavy atom. The lowest BCUT2D eigenvalue weighted by atomic mass is 10.0. The summed E-state index contributed by atoms with van der Waals surface area (Å²) in [6.45, 7) is 4.27. The monoisotopic (exact) mass is 349 g/mol. The van der Waals surface area contributed by atoms with Crippen molar-refractivity contribution in [3.63, 3.8) is 0 Å². The van der Waals surface area contributed by atoms with Crippen molar-refractivity contribution >= 4 is 22.5 Å². The lowest BCUT2D eigenvalue weighted by Crippen LogP contribution is -2.19. The van der Waals surface area contributed by atoms with Crippen molar-refractivity contribution in [2.24, 2.45) is 7.05 Å². The van der Waals surface area contributed by atoms with Crippen molar-refractivity contribution in [3.8, 4) is 0 Å². The normalized spacial score (nSPS) is 12.8. The molecule has 2 aromatic heterocycles. The Labute approximate surface area is 142 Å². The number of benzene rings is 1. The lowest BCUT2D eigenvalue weighted by molar-refractivity contribution is 0.211. The van der Waals surface area contributed by atoms with Gasteiger partial charge in [-0.25, -0.2) is 4.39 Å². The van der Waals surface area contributed by atoms with Gasteiger partial charge >= 0.3 is 0 Å². The number of pyridine rings is 1. The molecule has 1 aromatic carbocycles. The van der Waals surface area contributed by atoms with Crippen molar-refractivity contribution in [1.29, 1.82) is 0 Å². The minimum absolute atomic E-state index is 0.0113. The van der Waals surface area contributed by atoms with Gasteiger partial charge in [0, 0.05) is 25.2 Å². The number of hydrogen-bond acceptors (Lipinski definition) is 3. The molecule has 0 aliphatic heterocycles. The Bertz CT molecular complexity index is 994. The number of fused-ring (bicyclic) bond motifs is 1. The third-order valence-corrected chi connectivity index (χ3v) is 4.46. The number of aliphatic hydroxyl groups excluding tert-OH is 1. The van der Waals surface area contributed by atoms with Gasteiger partial charge in [0.2, 0.25) is 0 Å². The molecule has 3 aromatic rings. The fourth-order valence-corrected chi connectivity index (χ4v) is 3.07. The summed E-state index contributed by atoms with van der Waals surface area (Å²) in [5.41, 5.74) is 1.70. The van der Waals surface area contributed by atoms with Crippen molar-refractivity contribution in [1.82, 2.24) is 14.3 Å². The molecule has 0 spiro atoms. The van der Waals surface area contributed by atoms with E-state index in [9.17, 15) is 14.3 Å². The first kappa shape index (κ1) is 16.7. The zero-order valence-corrected chi connectivity index (χ0v) is 14.3. The molecule has 0 radical (unpaired) electrons. The van der Waals surface area contributed by atoms with Gasteiger partial charge < -0.3 is 9.67 Å². The summed E-state index contributed by atoms with van der Waals surface area (Å²) in [5, 5.41) is 15.6. The van der Waals surface area contributed by atoms with Crippen LogP contribution in [0.25, 0.3) is 10.9 Å². The molecule has 5 nitrogen and oxygen atoms in total. The minimum atomic E-state index is -1.12. The number of aryl methyl sites for hydroxylation is 3. The first-order valence-electron chi connectivity index (χ1n) is 7.54. The second kappa shape index (κ2) is 6.03. The molecule has 1 unspecified atom stereocenters. The van der Waals surface area contributed by atoms with E-state index in [2.05, 4.69) is 5.10 Å². The number of nitrogens with zero attached hydrogens (tertiary/aromatic N) is 3. The summed E-state index contributed by atoms with van der Waals surface area (Å²) in [6.07, 6.45) is 0.618. The van der Waals surface area contributed by atoms with Crippen LogP contribution >= 0.6 is 11.6 Å². The van der Waals surface area contributed by atoms with Crippen LogP contribution in [0.1, 0.15) is 29.8 Å². The van der Waals surface area contributed by atoms with Gasteiger partial charge in [0.15, 0.2) is 5.52 Å².